The summed E-state index contributed by atoms with van der Waals surface area (Å²) in [4.78, 5) is 28.1. The molecule has 0 saturated carbocycles. The summed E-state index contributed by atoms with van der Waals surface area (Å²) >= 11 is 1.52. The van der Waals surface area contributed by atoms with Crippen LogP contribution in [0.4, 0.5) is 0 Å². The van der Waals surface area contributed by atoms with Gasteiger partial charge in [0.25, 0.3) is 5.91 Å². The van der Waals surface area contributed by atoms with Gasteiger partial charge in [0.2, 0.25) is 0 Å². The maximum atomic E-state index is 12.6. The van der Waals surface area contributed by atoms with Crippen LogP contribution in [0.1, 0.15) is 39.5 Å². The van der Waals surface area contributed by atoms with Gasteiger partial charge in [0.15, 0.2) is 0 Å². The Balaban J connectivity index is 1.07. The molecule has 0 N–H and O–H groups in total. The lowest BCUT2D eigenvalue weighted by Gasteiger charge is -2.35. The second kappa shape index (κ2) is 11.3. The van der Waals surface area contributed by atoms with E-state index in [9.17, 15) is 4.79 Å². The van der Waals surface area contributed by atoms with Gasteiger partial charge in [-0.05, 0) is 36.2 Å². The number of amides is 1. The van der Waals surface area contributed by atoms with Gasteiger partial charge in [0.1, 0.15) is 17.5 Å². The Morgan fingerprint density at radius 2 is 1.71 bits per heavy atom. The summed E-state index contributed by atoms with van der Waals surface area (Å²) in [6.45, 7) is 9.54. The van der Waals surface area contributed by atoms with Crippen molar-refractivity contribution in [2.75, 3.05) is 39.3 Å². The van der Waals surface area contributed by atoms with E-state index in [0.717, 1.165) is 62.9 Å². The molecule has 2 aromatic heterocycles. The molecule has 5 rings (SSSR count). The maximum Gasteiger partial charge on any atom is 0.273 e. The number of carbonyl (C=O) groups is 1. The molecule has 4 heterocycles. The van der Waals surface area contributed by atoms with E-state index in [4.69, 9.17) is 4.74 Å². The third kappa shape index (κ3) is 6.45. The molecule has 7 nitrogen and oxygen atoms in total. The summed E-state index contributed by atoms with van der Waals surface area (Å²) in [5.74, 6) is 0.966. The van der Waals surface area contributed by atoms with E-state index >= 15 is 0 Å². The molecule has 0 aliphatic carbocycles. The summed E-state index contributed by atoms with van der Waals surface area (Å²) in [7, 11) is 0. The number of carbonyl (C=O) groups excluding carboxylic acids is 1. The molecule has 0 atom stereocenters. The molecule has 0 spiro atoms. The van der Waals surface area contributed by atoms with E-state index in [1.54, 1.807) is 0 Å². The third-order valence-electron chi connectivity index (χ3n) is 6.77. The topological polar surface area (TPSA) is 61.8 Å². The molecule has 8 heteroatoms. The predicted octanol–water partition coefficient (Wildman–Crippen LogP) is 3.85. The first-order valence-electron chi connectivity index (χ1n) is 12.4. The maximum absolute atomic E-state index is 12.6. The number of likely N-dealkylation sites (tertiary alicyclic amines) is 1. The number of piperidine rings is 1. The monoisotopic (exact) mass is 491 g/mol. The highest BCUT2D eigenvalue weighted by Gasteiger charge is 2.26. The molecule has 35 heavy (non-hydrogen) atoms. The summed E-state index contributed by atoms with van der Waals surface area (Å²) in [6.07, 6.45) is 5.62. The van der Waals surface area contributed by atoms with Gasteiger partial charge in [-0.3, -0.25) is 19.6 Å². The fourth-order valence-electron chi connectivity index (χ4n) is 4.82. The number of piperazine rings is 1. The van der Waals surface area contributed by atoms with Crippen LogP contribution in [-0.4, -0.2) is 75.9 Å². The molecule has 1 aromatic carbocycles. The number of aryl methyl sites for hydroxylation is 1. The normalized spacial score (nSPS) is 18.0. The van der Waals surface area contributed by atoms with Crippen LogP contribution in [0.25, 0.3) is 0 Å². The average molecular weight is 492 g/mol. The Morgan fingerprint density at radius 1 is 1.00 bits per heavy atom. The first-order valence-corrected chi connectivity index (χ1v) is 13.3. The molecule has 0 bridgehead atoms. The highest BCUT2D eigenvalue weighted by Crippen LogP contribution is 2.22. The zero-order chi connectivity index (χ0) is 24.0. The number of pyridine rings is 1. The number of benzene rings is 1. The second-order valence-electron chi connectivity index (χ2n) is 9.42. The number of rotatable bonds is 7. The lowest BCUT2D eigenvalue weighted by Crippen LogP contribution is -2.45. The van der Waals surface area contributed by atoms with E-state index in [1.807, 2.05) is 41.7 Å². The Hall–Kier alpha value is -2.81. The van der Waals surface area contributed by atoms with E-state index in [0.29, 0.717) is 18.8 Å². The van der Waals surface area contributed by atoms with Crippen molar-refractivity contribution < 1.29 is 9.53 Å². The number of aromatic nitrogens is 2. The number of thiazole rings is 1. The lowest BCUT2D eigenvalue weighted by molar-refractivity contribution is 0.0590. The lowest BCUT2D eigenvalue weighted by atomic mass is 10.1. The van der Waals surface area contributed by atoms with Crippen LogP contribution in [0.2, 0.25) is 0 Å². The molecule has 0 unspecified atom stereocenters. The van der Waals surface area contributed by atoms with Crippen molar-refractivity contribution in [3.63, 3.8) is 0 Å². The van der Waals surface area contributed by atoms with Crippen molar-refractivity contribution in [1.82, 2.24) is 24.7 Å². The Kier molecular flexibility index (Phi) is 7.71. The van der Waals surface area contributed by atoms with E-state index in [1.165, 1.54) is 22.5 Å². The average Bonchev–Trinajstić information content (AvgIpc) is 3.32. The molecule has 2 fully saturated rings. The van der Waals surface area contributed by atoms with Crippen molar-refractivity contribution in [2.45, 2.75) is 39.0 Å². The van der Waals surface area contributed by atoms with Gasteiger partial charge in [0, 0.05) is 83.0 Å². The molecule has 184 valence electrons. The number of hydrogen-bond donors (Lipinski definition) is 0. The minimum atomic E-state index is 0.0373. The van der Waals surface area contributed by atoms with Gasteiger partial charge >= 0.3 is 0 Å². The van der Waals surface area contributed by atoms with Gasteiger partial charge in [-0.15, -0.1) is 11.3 Å². The summed E-state index contributed by atoms with van der Waals surface area (Å²) < 4.78 is 6.32. The summed E-state index contributed by atoms with van der Waals surface area (Å²) in [5, 5.41) is 2.78. The van der Waals surface area contributed by atoms with Crippen LogP contribution in [-0.2, 0) is 13.1 Å². The molecule has 2 aliphatic rings. The molecular weight excluding hydrogens is 458 g/mol. The van der Waals surface area contributed by atoms with Crippen LogP contribution < -0.4 is 4.74 Å². The molecule has 2 saturated heterocycles. The van der Waals surface area contributed by atoms with Crippen molar-refractivity contribution in [3.05, 3.63) is 76.0 Å². The van der Waals surface area contributed by atoms with E-state index in [-0.39, 0.29) is 12.0 Å². The Morgan fingerprint density at radius 3 is 2.37 bits per heavy atom. The fourth-order valence-corrected chi connectivity index (χ4v) is 5.41. The highest BCUT2D eigenvalue weighted by atomic mass is 32.1. The standard InChI is InChI=1S/C27H33N5O2S/c1-21-29-26(20-35-21)27(33)32-10-7-24(8-11-32)34-25-6-2-4-22(16-25)18-30-12-14-31(15-13-30)19-23-5-3-9-28-17-23/h2-6,9,16-17,20,24H,7-8,10-15,18-19H2,1H3. The molecule has 2 aliphatic heterocycles. The Bertz CT molecular complexity index is 1110. The SMILES string of the molecule is Cc1nc(C(=O)N2CCC(Oc3cccc(CN4CCN(Cc5cccnc5)CC4)c3)CC2)cs1. The second-order valence-corrected chi connectivity index (χ2v) is 10.5. The summed E-state index contributed by atoms with van der Waals surface area (Å²) in [6, 6.07) is 12.7. The third-order valence-corrected chi connectivity index (χ3v) is 7.54. The van der Waals surface area contributed by atoms with Crippen molar-refractivity contribution in [3.8, 4) is 5.75 Å². The number of hydrogen-bond acceptors (Lipinski definition) is 7. The first-order chi connectivity index (χ1) is 17.1. The predicted molar refractivity (Wildman–Crippen MR) is 138 cm³/mol. The van der Waals surface area contributed by atoms with Gasteiger partial charge in [-0.25, -0.2) is 4.98 Å². The zero-order valence-electron chi connectivity index (χ0n) is 20.3. The van der Waals surface area contributed by atoms with Crippen LogP contribution >= 0.6 is 11.3 Å². The highest BCUT2D eigenvalue weighted by molar-refractivity contribution is 7.09. The zero-order valence-corrected chi connectivity index (χ0v) is 21.1. The van der Waals surface area contributed by atoms with Gasteiger partial charge in [0.05, 0.1) is 5.01 Å². The number of nitrogens with zero attached hydrogens (tertiary/aromatic N) is 5. The van der Waals surface area contributed by atoms with Gasteiger partial charge < -0.3 is 9.64 Å². The van der Waals surface area contributed by atoms with Crippen molar-refractivity contribution in [2.24, 2.45) is 0 Å². The van der Waals surface area contributed by atoms with Gasteiger partial charge in [-0.1, -0.05) is 18.2 Å². The quantitative estimate of drug-likeness (QED) is 0.500. The molecule has 1 amide bonds. The van der Waals surface area contributed by atoms with Crippen LogP contribution in [0.15, 0.2) is 54.2 Å². The molecule has 3 aromatic rings. The van der Waals surface area contributed by atoms with Crippen LogP contribution in [0, 0.1) is 6.92 Å². The largest absolute Gasteiger partial charge is 0.490 e. The number of ether oxygens (including phenoxy) is 1. The van der Waals surface area contributed by atoms with Crippen molar-refractivity contribution >= 4 is 17.2 Å². The van der Waals surface area contributed by atoms with Crippen LogP contribution in [0.5, 0.6) is 5.75 Å². The minimum Gasteiger partial charge on any atom is -0.490 e. The Labute approximate surface area is 211 Å². The van der Waals surface area contributed by atoms with Gasteiger partial charge in [-0.2, -0.15) is 0 Å². The summed E-state index contributed by atoms with van der Waals surface area (Å²) in [5.41, 5.74) is 3.13. The van der Waals surface area contributed by atoms with E-state index < -0.39 is 0 Å². The fraction of sp³-hybridized carbons (Fsp3) is 0.444. The van der Waals surface area contributed by atoms with E-state index in [2.05, 4.69) is 44.0 Å². The molecular formula is C27H33N5O2S. The molecule has 0 radical (unpaired) electrons. The first kappa shape index (κ1) is 23.9. The van der Waals surface area contributed by atoms with Crippen molar-refractivity contribution in [1.29, 1.82) is 0 Å². The van der Waals surface area contributed by atoms with Crippen LogP contribution in [0.3, 0.4) is 0 Å². The minimum absolute atomic E-state index is 0.0373. The smallest absolute Gasteiger partial charge is 0.273 e.